The number of amides is 1. The van der Waals surface area contributed by atoms with Gasteiger partial charge in [-0.2, -0.15) is 0 Å². The minimum absolute atomic E-state index is 0.0278. The smallest absolute Gasteiger partial charge is 0.251 e. The van der Waals surface area contributed by atoms with Gasteiger partial charge in [-0.05, 0) is 87.2 Å². The summed E-state index contributed by atoms with van der Waals surface area (Å²) >= 11 is 0. The van der Waals surface area contributed by atoms with Gasteiger partial charge in [-0.25, -0.2) is 0 Å². The Morgan fingerprint density at radius 3 is 2.57 bits per heavy atom. The summed E-state index contributed by atoms with van der Waals surface area (Å²) in [6, 6.07) is 14.5. The van der Waals surface area contributed by atoms with Gasteiger partial charge >= 0.3 is 0 Å². The van der Waals surface area contributed by atoms with E-state index >= 15 is 0 Å². The molecule has 0 aliphatic carbocycles. The molecule has 2 aliphatic rings. The van der Waals surface area contributed by atoms with Crippen LogP contribution in [-0.2, 0) is 6.42 Å². The number of nitrogens with one attached hydrogen (secondary N) is 1. The van der Waals surface area contributed by atoms with Gasteiger partial charge in [0.15, 0.2) is 0 Å². The highest BCUT2D eigenvalue weighted by Crippen LogP contribution is 2.32. The van der Waals surface area contributed by atoms with Crippen LogP contribution in [0, 0.1) is 0 Å². The second kappa shape index (κ2) is 9.52. The van der Waals surface area contributed by atoms with E-state index in [1.165, 1.54) is 36.1 Å². The first-order valence-corrected chi connectivity index (χ1v) is 11.2. The Morgan fingerprint density at radius 2 is 1.83 bits per heavy atom. The van der Waals surface area contributed by atoms with Gasteiger partial charge in [0, 0.05) is 31.4 Å². The summed E-state index contributed by atoms with van der Waals surface area (Å²) < 4.78 is 5.48. The van der Waals surface area contributed by atoms with E-state index in [9.17, 15) is 4.79 Å². The Morgan fingerprint density at radius 1 is 1.07 bits per heavy atom. The van der Waals surface area contributed by atoms with E-state index < -0.39 is 0 Å². The molecule has 1 saturated heterocycles. The van der Waals surface area contributed by atoms with Crippen LogP contribution in [0.25, 0.3) is 0 Å². The van der Waals surface area contributed by atoms with E-state index in [4.69, 9.17) is 4.74 Å². The third kappa shape index (κ3) is 4.62. The molecule has 0 radical (unpaired) electrons. The van der Waals surface area contributed by atoms with Gasteiger partial charge in [-0.1, -0.05) is 12.1 Å². The summed E-state index contributed by atoms with van der Waals surface area (Å²) in [6.45, 7) is 6.53. The summed E-state index contributed by atoms with van der Waals surface area (Å²) in [5, 5.41) is 3.18. The van der Waals surface area contributed by atoms with Crippen LogP contribution >= 0.6 is 0 Å². The van der Waals surface area contributed by atoms with Crippen molar-refractivity contribution in [2.75, 3.05) is 44.7 Å². The zero-order valence-electron chi connectivity index (χ0n) is 18.2. The van der Waals surface area contributed by atoms with Gasteiger partial charge in [-0.3, -0.25) is 9.69 Å². The molecule has 1 unspecified atom stereocenters. The van der Waals surface area contributed by atoms with Gasteiger partial charge in [0.1, 0.15) is 5.75 Å². The molecule has 2 aliphatic heterocycles. The van der Waals surface area contributed by atoms with E-state index in [0.717, 1.165) is 31.8 Å². The number of ether oxygens (including phenoxy) is 1. The fourth-order valence-corrected chi connectivity index (χ4v) is 4.68. The first-order chi connectivity index (χ1) is 14.7. The van der Waals surface area contributed by atoms with Crippen molar-refractivity contribution < 1.29 is 9.53 Å². The first kappa shape index (κ1) is 20.7. The number of aryl methyl sites for hydroxylation is 1. The zero-order valence-corrected chi connectivity index (χ0v) is 18.2. The molecular formula is C25H33N3O2. The Bertz CT molecular complexity index is 859. The SMILES string of the molecule is CCOc1ccc(C(=O)NCC(c2ccc3c(c2)CCCN3C)N2CCCC2)cc1. The predicted molar refractivity (Wildman–Crippen MR) is 122 cm³/mol. The van der Waals surface area contributed by atoms with Crippen molar-refractivity contribution in [1.82, 2.24) is 10.2 Å². The van der Waals surface area contributed by atoms with Crippen LogP contribution in [0.3, 0.4) is 0 Å². The van der Waals surface area contributed by atoms with Crippen molar-refractivity contribution in [3.8, 4) is 5.75 Å². The number of fused-ring (bicyclic) bond motifs is 1. The first-order valence-electron chi connectivity index (χ1n) is 11.2. The third-order valence-electron chi connectivity index (χ3n) is 6.30. The molecule has 5 heteroatoms. The van der Waals surface area contributed by atoms with Crippen molar-refractivity contribution in [2.45, 2.75) is 38.6 Å². The van der Waals surface area contributed by atoms with Crippen LogP contribution in [0.15, 0.2) is 42.5 Å². The van der Waals surface area contributed by atoms with Crippen LogP contribution in [0.5, 0.6) is 5.75 Å². The number of rotatable bonds is 7. The maximum Gasteiger partial charge on any atom is 0.251 e. The molecule has 0 spiro atoms. The minimum atomic E-state index is -0.0278. The Kier molecular flexibility index (Phi) is 6.58. The molecule has 2 aromatic rings. The molecule has 160 valence electrons. The Hall–Kier alpha value is -2.53. The third-order valence-corrected chi connectivity index (χ3v) is 6.30. The van der Waals surface area contributed by atoms with Gasteiger partial charge in [-0.15, -0.1) is 0 Å². The molecule has 0 aromatic heterocycles. The molecule has 2 heterocycles. The highest BCUT2D eigenvalue weighted by atomic mass is 16.5. The van der Waals surface area contributed by atoms with Crippen molar-refractivity contribution in [2.24, 2.45) is 0 Å². The van der Waals surface area contributed by atoms with E-state index in [1.807, 2.05) is 31.2 Å². The maximum absolute atomic E-state index is 12.8. The summed E-state index contributed by atoms with van der Waals surface area (Å²) in [4.78, 5) is 17.6. The van der Waals surface area contributed by atoms with Gasteiger partial charge in [0.05, 0.1) is 12.6 Å². The second-order valence-corrected chi connectivity index (χ2v) is 8.34. The number of hydrogen-bond acceptors (Lipinski definition) is 4. The van der Waals surface area contributed by atoms with E-state index in [2.05, 4.69) is 40.4 Å². The molecule has 2 aromatic carbocycles. The van der Waals surface area contributed by atoms with Crippen molar-refractivity contribution in [3.05, 3.63) is 59.2 Å². The standard InChI is InChI=1S/C25H33N3O2/c1-3-30-22-11-8-19(9-12-22)25(29)26-18-24(28-15-4-5-16-28)21-10-13-23-20(17-21)7-6-14-27(23)2/h8-13,17,24H,3-7,14-16,18H2,1-2H3,(H,26,29). The number of hydrogen-bond donors (Lipinski definition) is 1. The van der Waals surface area contributed by atoms with E-state index in [1.54, 1.807) is 0 Å². The average molecular weight is 408 g/mol. The molecule has 1 N–H and O–H groups in total. The molecule has 1 amide bonds. The van der Waals surface area contributed by atoms with Crippen molar-refractivity contribution in [1.29, 1.82) is 0 Å². The Balaban J connectivity index is 1.48. The molecule has 0 saturated carbocycles. The normalized spacial score (nSPS) is 17.5. The monoisotopic (exact) mass is 407 g/mol. The van der Waals surface area contributed by atoms with Crippen LogP contribution in [0.2, 0.25) is 0 Å². The van der Waals surface area contributed by atoms with Crippen molar-refractivity contribution >= 4 is 11.6 Å². The molecule has 5 nitrogen and oxygen atoms in total. The molecule has 1 atom stereocenters. The highest BCUT2D eigenvalue weighted by molar-refractivity contribution is 5.94. The Labute approximate surface area is 180 Å². The molecule has 1 fully saturated rings. The number of benzene rings is 2. The molecule has 0 bridgehead atoms. The predicted octanol–water partition coefficient (Wildman–Crippen LogP) is 4.03. The highest BCUT2D eigenvalue weighted by Gasteiger charge is 2.25. The summed E-state index contributed by atoms with van der Waals surface area (Å²) in [5.74, 6) is 0.767. The van der Waals surface area contributed by atoms with Crippen molar-refractivity contribution in [3.63, 3.8) is 0 Å². The number of carbonyl (C=O) groups excluding carboxylic acids is 1. The van der Waals surface area contributed by atoms with Gasteiger partial charge in [0.25, 0.3) is 5.91 Å². The fraction of sp³-hybridized carbons (Fsp3) is 0.480. The topological polar surface area (TPSA) is 44.8 Å². The number of carbonyl (C=O) groups is 1. The van der Waals surface area contributed by atoms with E-state index in [0.29, 0.717) is 18.7 Å². The van der Waals surface area contributed by atoms with E-state index in [-0.39, 0.29) is 11.9 Å². The quantitative estimate of drug-likeness (QED) is 0.753. The number of anilines is 1. The van der Waals surface area contributed by atoms with Gasteiger partial charge < -0.3 is 15.0 Å². The van der Waals surface area contributed by atoms with Crippen LogP contribution < -0.4 is 15.0 Å². The lowest BCUT2D eigenvalue weighted by Crippen LogP contribution is -2.37. The largest absolute Gasteiger partial charge is 0.494 e. The fourth-order valence-electron chi connectivity index (χ4n) is 4.68. The van der Waals surface area contributed by atoms with Gasteiger partial charge in [0.2, 0.25) is 0 Å². The lowest BCUT2D eigenvalue weighted by atomic mass is 9.96. The van der Waals surface area contributed by atoms with Crippen LogP contribution in [0.1, 0.15) is 53.7 Å². The molecule has 4 rings (SSSR count). The second-order valence-electron chi connectivity index (χ2n) is 8.34. The molecular weight excluding hydrogens is 374 g/mol. The molecule has 30 heavy (non-hydrogen) atoms. The maximum atomic E-state index is 12.8. The average Bonchev–Trinajstić information content (AvgIpc) is 3.29. The summed E-state index contributed by atoms with van der Waals surface area (Å²) in [7, 11) is 2.17. The zero-order chi connectivity index (χ0) is 20.9. The lowest BCUT2D eigenvalue weighted by molar-refractivity contribution is 0.0938. The lowest BCUT2D eigenvalue weighted by Gasteiger charge is -2.32. The number of nitrogens with zero attached hydrogens (tertiary/aromatic N) is 2. The summed E-state index contributed by atoms with van der Waals surface area (Å²) in [6.07, 6.45) is 4.81. The number of likely N-dealkylation sites (tertiary alicyclic amines) is 1. The summed E-state index contributed by atoms with van der Waals surface area (Å²) in [5.41, 5.74) is 4.77. The van der Waals surface area contributed by atoms with Crippen LogP contribution in [-0.4, -0.2) is 50.6 Å². The van der Waals surface area contributed by atoms with Crippen LogP contribution in [0.4, 0.5) is 5.69 Å². The minimum Gasteiger partial charge on any atom is -0.494 e.